The number of nitrogens with zero attached hydrogens (tertiary/aromatic N) is 2. The number of benzene rings is 1. The molecule has 0 saturated heterocycles. The van der Waals surface area contributed by atoms with Crippen LogP contribution in [-0.4, -0.2) is 37.6 Å². The van der Waals surface area contributed by atoms with Crippen LogP contribution >= 0.6 is 0 Å². The molecule has 0 aromatic heterocycles. The number of amides is 1. The summed E-state index contributed by atoms with van der Waals surface area (Å²) in [7, 11) is -3.54. The van der Waals surface area contributed by atoms with Crippen LogP contribution in [0.3, 0.4) is 0 Å². The molecule has 1 rings (SSSR count). The smallest absolute Gasteiger partial charge is 0.255 e. The van der Waals surface area contributed by atoms with E-state index < -0.39 is 15.1 Å². The average molecular weight is 322 g/mol. The Morgan fingerprint density at radius 1 is 1.27 bits per heavy atom. The molecule has 0 heterocycles. The zero-order valence-electron chi connectivity index (χ0n) is 13.4. The number of hydrogen-bond acceptors (Lipinski definition) is 4. The van der Waals surface area contributed by atoms with E-state index >= 15 is 0 Å². The van der Waals surface area contributed by atoms with Gasteiger partial charge in [0.15, 0.2) is 9.84 Å². The van der Waals surface area contributed by atoms with Gasteiger partial charge >= 0.3 is 0 Å². The minimum absolute atomic E-state index is 0.0538. The van der Waals surface area contributed by atoms with Crippen molar-refractivity contribution in [2.75, 3.05) is 13.1 Å². The molecule has 0 aliphatic carbocycles. The Bertz CT molecular complexity index is 675. The van der Waals surface area contributed by atoms with Gasteiger partial charge in [0.05, 0.1) is 27.7 Å². The number of carbonyl (C=O) groups is 1. The molecule has 0 aliphatic heterocycles. The average Bonchev–Trinajstić information content (AvgIpc) is 2.51. The lowest BCUT2D eigenvalue weighted by atomic mass is 10.1. The number of sulfone groups is 1. The predicted molar refractivity (Wildman–Crippen MR) is 85.1 cm³/mol. The third-order valence-electron chi connectivity index (χ3n) is 3.43. The highest BCUT2D eigenvalue weighted by molar-refractivity contribution is 7.92. The molecule has 120 valence electrons. The maximum atomic E-state index is 12.7. The monoisotopic (exact) mass is 322 g/mol. The molecule has 1 amide bonds. The van der Waals surface area contributed by atoms with Gasteiger partial charge in [-0.3, -0.25) is 4.79 Å². The van der Waals surface area contributed by atoms with Crippen LogP contribution in [0.1, 0.15) is 38.1 Å². The molecule has 0 unspecified atom stereocenters. The van der Waals surface area contributed by atoms with Crippen molar-refractivity contribution < 1.29 is 13.2 Å². The van der Waals surface area contributed by atoms with E-state index in [9.17, 15) is 13.2 Å². The first kappa shape index (κ1) is 18.2. The molecule has 0 fully saturated rings. The second-order valence-electron chi connectivity index (χ2n) is 5.46. The molecule has 0 bridgehead atoms. The highest BCUT2D eigenvalue weighted by atomic mass is 32.2. The van der Waals surface area contributed by atoms with E-state index in [1.807, 2.05) is 6.92 Å². The molecular formula is C16H22N2O3S. The minimum atomic E-state index is -3.54. The Morgan fingerprint density at radius 3 is 2.36 bits per heavy atom. The normalized spacial score (nSPS) is 12.7. The Hall–Kier alpha value is -1.87. The maximum Gasteiger partial charge on any atom is 0.255 e. The highest BCUT2D eigenvalue weighted by Crippen LogP contribution is 2.22. The van der Waals surface area contributed by atoms with Crippen LogP contribution in [-0.2, 0) is 9.84 Å². The lowest BCUT2D eigenvalue weighted by Crippen LogP contribution is -2.35. The number of rotatable bonds is 6. The van der Waals surface area contributed by atoms with Crippen molar-refractivity contribution in [2.24, 2.45) is 5.92 Å². The largest absolute Gasteiger partial charge is 0.338 e. The van der Waals surface area contributed by atoms with Gasteiger partial charge in [-0.25, -0.2) is 8.42 Å². The standard InChI is InChI=1S/C16H22N2O3S/c1-5-18(11-13(4)10-17)16(19)14-8-6-7-9-15(14)22(20,21)12(2)3/h6-9,12-13H,5,11H2,1-4H3/t13-/m1/s1. The Balaban J connectivity index is 3.28. The second kappa shape index (κ2) is 7.41. The minimum Gasteiger partial charge on any atom is -0.338 e. The van der Waals surface area contributed by atoms with E-state index in [0.29, 0.717) is 6.54 Å². The molecule has 22 heavy (non-hydrogen) atoms. The first-order valence-electron chi connectivity index (χ1n) is 7.27. The summed E-state index contributed by atoms with van der Waals surface area (Å²) >= 11 is 0. The van der Waals surface area contributed by atoms with E-state index in [1.54, 1.807) is 32.9 Å². The fourth-order valence-corrected chi connectivity index (χ4v) is 3.28. The van der Waals surface area contributed by atoms with Crippen LogP contribution in [0.25, 0.3) is 0 Å². The first-order chi connectivity index (χ1) is 10.3. The molecule has 1 aromatic carbocycles. The molecule has 0 radical (unpaired) electrons. The third kappa shape index (κ3) is 3.86. The van der Waals surface area contributed by atoms with Crippen molar-refractivity contribution in [3.05, 3.63) is 29.8 Å². The molecule has 6 heteroatoms. The summed E-state index contributed by atoms with van der Waals surface area (Å²) in [5, 5.41) is 8.30. The lowest BCUT2D eigenvalue weighted by molar-refractivity contribution is 0.0749. The fraction of sp³-hybridized carbons (Fsp3) is 0.500. The molecule has 0 saturated carbocycles. The summed E-state index contributed by atoms with van der Waals surface area (Å²) in [5.74, 6) is -0.665. The van der Waals surface area contributed by atoms with Crippen molar-refractivity contribution in [1.29, 1.82) is 5.26 Å². The van der Waals surface area contributed by atoms with Gasteiger partial charge < -0.3 is 4.90 Å². The van der Waals surface area contributed by atoms with E-state index in [0.717, 1.165) is 0 Å². The lowest BCUT2D eigenvalue weighted by Gasteiger charge is -2.23. The summed E-state index contributed by atoms with van der Waals surface area (Å²) in [6, 6.07) is 8.33. The van der Waals surface area contributed by atoms with Crippen molar-refractivity contribution in [1.82, 2.24) is 4.90 Å². The van der Waals surface area contributed by atoms with Crippen molar-refractivity contribution in [3.63, 3.8) is 0 Å². The van der Waals surface area contributed by atoms with Crippen LogP contribution < -0.4 is 0 Å². The van der Waals surface area contributed by atoms with Crippen molar-refractivity contribution in [3.8, 4) is 6.07 Å². The molecular weight excluding hydrogens is 300 g/mol. The van der Waals surface area contributed by atoms with Crippen LogP contribution in [0, 0.1) is 17.2 Å². The molecule has 0 N–H and O–H groups in total. The van der Waals surface area contributed by atoms with Gasteiger partial charge in [-0.05, 0) is 39.8 Å². The molecule has 1 atom stereocenters. The predicted octanol–water partition coefficient (Wildman–Crippen LogP) is 2.49. The summed E-state index contributed by atoms with van der Waals surface area (Å²) in [6.07, 6.45) is 0. The van der Waals surface area contributed by atoms with Gasteiger partial charge in [-0.1, -0.05) is 12.1 Å². The molecule has 1 aromatic rings. The summed E-state index contributed by atoms with van der Waals surface area (Å²) < 4.78 is 24.8. The van der Waals surface area contributed by atoms with E-state index in [1.165, 1.54) is 17.0 Å². The van der Waals surface area contributed by atoms with Gasteiger partial charge in [0, 0.05) is 13.1 Å². The first-order valence-corrected chi connectivity index (χ1v) is 8.82. The van der Waals surface area contributed by atoms with Crippen molar-refractivity contribution in [2.45, 2.75) is 37.8 Å². The van der Waals surface area contributed by atoms with Crippen LogP contribution in [0.2, 0.25) is 0 Å². The zero-order chi connectivity index (χ0) is 16.9. The Labute approximate surface area is 132 Å². The maximum absolute atomic E-state index is 12.7. The van der Waals surface area contributed by atoms with Crippen LogP contribution in [0.4, 0.5) is 0 Å². The van der Waals surface area contributed by atoms with E-state index in [-0.39, 0.29) is 28.8 Å². The quantitative estimate of drug-likeness (QED) is 0.806. The second-order valence-corrected chi connectivity index (χ2v) is 7.94. The van der Waals surface area contributed by atoms with Crippen LogP contribution in [0.5, 0.6) is 0 Å². The summed E-state index contributed by atoms with van der Waals surface area (Å²) in [5.41, 5.74) is 0.170. The van der Waals surface area contributed by atoms with Gasteiger partial charge in [0.25, 0.3) is 5.91 Å². The van der Waals surface area contributed by atoms with E-state index in [4.69, 9.17) is 5.26 Å². The Kier molecular flexibility index (Phi) is 6.12. The van der Waals surface area contributed by atoms with Gasteiger partial charge in [0.1, 0.15) is 0 Å². The van der Waals surface area contributed by atoms with Crippen molar-refractivity contribution >= 4 is 15.7 Å². The Morgan fingerprint density at radius 2 is 1.86 bits per heavy atom. The molecule has 0 spiro atoms. The summed E-state index contributed by atoms with van der Waals surface area (Å²) in [4.78, 5) is 14.2. The van der Waals surface area contributed by atoms with Gasteiger partial charge in [-0.2, -0.15) is 5.26 Å². The highest BCUT2D eigenvalue weighted by Gasteiger charge is 2.27. The number of nitriles is 1. The molecule has 0 aliphatic rings. The van der Waals surface area contributed by atoms with Gasteiger partial charge in [-0.15, -0.1) is 0 Å². The zero-order valence-corrected chi connectivity index (χ0v) is 14.2. The molecule has 5 nitrogen and oxygen atoms in total. The fourth-order valence-electron chi connectivity index (χ4n) is 2.04. The van der Waals surface area contributed by atoms with Crippen LogP contribution in [0.15, 0.2) is 29.2 Å². The third-order valence-corrected chi connectivity index (χ3v) is 5.64. The topological polar surface area (TPSA) is 78.2 Å². The number of carbonyl (C=O) groups excluding carboxylic acids is 1. The summed E-state index contributed by atoms with van der Waals surface area (Å²) in [6.45, 7) is 7.41. The SMILES string of the molecule is CCN(C[C@H](C)C#N)C(=O)c1ccccc1S(=O)(=O)C(C)C. The number of hydrogen-bond donors (Lipinski definition) is 0. The van der Waals surface area contributed by atoms with E-state index in [2.05, 4.69) is 6.07 Å². The van der Waals surface area contributed by atoms with Gasteiger partial charge in [0.2, 0.25) is 0 Å².